The molecule has 0 bridgehead atoms. The van der Waals surface area contributed by atoms with Gasteiger partial charge in [-0.1, -0.05) is 0 Å². The van der Waals surface area contributed by atoms with Crippen LogP contribution in [-0.2, 0) is 21.9 Å². The van der Waals surface area contributed by atoms with E-state index in [4.69, 9.17) is 5.73 Å². The van der Waals surface area contributed by atoms with Crippen molar-refractivity contribution in [1.82, 2.24) is 4.90 Å². The summed E-state index contributed by atoms with van der Waals surface area (Å²) < 4.78 is 76.8. The predicted molar refractivity (Wildman–Crippen MR) is 78.9 cm³/mol. The van der Waals surface area contributed by atoms with Crippen molar-refractivity contribution in [3.63, 3.8) is 0 Å². The third-order valence-corrected chi connectivity index (χ3v) is 3.91. The maximum absolute atomic E-state index is 12.8. The lowest BCUT2D eigenvalue weighted by atomic mass is 10.1. The molecule has 0 saturated carbocycles. The molecule has 26 heavy (non-hydrogen) atoms. The quantitative estimate of drug-likeness (QED) is 0.785. The number of nitrogens with zero attached hydrogens (tertiary/aromatic N) is 1. The molecule has 1 aliphatic heterocycles. The van der Waals surface area contributed by atoms with Gasteiger partial charge in [0.25, 0.3) is 0 Å². The van der Waals surface area contributed by atoms with Gasteiger partial charge >= 0.3 is 12.4 Å². The van der Waals surface area contributed by atoms with Crippen LogP contribution in [0.15, 0.2) is 18.2 Å². The van der Waals surface area contributed by atoms with E-state index in [1.165, 1.54) is 4.90 Å². The highest BCUT2D eigenvalue weighted by Crippen LogP contribution is 2.37. The minimum atomic E-state index is -5.01. The number of alkyl halides is 6. The van der Waals surface area contributed by atoms with E-state index in [0.717, 1.165) is 0 Å². The molecule has 1 unspecified atom stereocenters. The SMILES string of the molecule is NC(=O)C1CCCN1CC(=O)Nc1cc(C(F)(F)F)cc(C(F)(F)F)c1. The molecule has 2 rings (SSSR count). The number of anilines is 1. The van der Waals surface area contributed by atoms with Gasteiger partial charge in [0, 0.05) is 5.69 Å². The van der Waals surface area contributed by atoms with Gasteiger partial charge in [0.05, 0.1) is 23.7 Å². The molecule has 1 fully saturated rings. The summed E-state index contributed by atoms with van der Waals surface area (Å²) >= 11 is 0. The Labute approximate surface area is 144 Å². The average Bonchev–Trinajstić information content (AvgIpc) is 2.93. The van der Waals surface area contributed by atoms with E-state index in [1.54, 1.807) is 0 Å². The second-order valence-electron chi connectivity index (χ2n) is 5.87. The fraction of sp³-hybridized carbons (Fsp3) is 0.467. The van der Waals surface area contributed by atoms with E-state index in [9.17, 15) is 35.9 Å². The number of nitrogens with one attached hydrogen (secondary N) is 1. The number of primary amides is 1. The second-order valence-corrected chi connectivity index (χ2v) is 5.87. The van der Waals surface area contributed by atoms with Gasteiger partial charge in [-0.15, -0.1) is 0 Å². The number of benzene rings is 1. The summed E-state index contributed by atoms with van der Waals surface area (Å²) in [7, 11) is 0. The van der Waals surface area contributed by atoms with Gasteiger partial charge in [0.2, 0.25) is 11.8 Å². The highest BCUT2D eigenvalue weighted by atomic mass is 19.4. The molecule has 1 atom stereocenters. The normalized spacial score (nSPS) is 18.8. The Balaban J connectivity index is 2.20. The lowest BCUT2D eigenvalue weighted by molar-refractivity contribution is -0.143. The number of hydrogen-bond donors (Lipinski definition) is 2. The molecular formula is C15H15F6N3O2. The largest absolute Gasteiger partial charge is 0.416 e. The van der Waals surface area contributed by atoms with E-state index >= 15 is 0 Å². The van der Waals surface area contributed by atoms with Crippen molar-refractivity contribution in [3.8, 4) is 0 Å². The maximum Gasteiger partial charge on any atom is 0.416 e. The number of amides is 2. The van der Waals surface area contributed by atoms with Gasteiger partial charge in [-0.25, -0.2) is 0 Å². The molecule has 0 spiro atoms. The zero-order valence-corrected chi connectivity index (χ0v) is 13.2. The zero-order valence-electron chi connectivity index (χ0n) is 13.2. The first-order chi connectivity index (χ1) is 11.9. The zero-order chi connectivity index (χ0) is 19.7. The molecule has 5 nitrogen and oxygen atoms in total. The first-order valence-electron chi connectivity index (χ1n) is 7.50. The van der Waals surface area contributed by atoms with E-state index in [2.05, 4.69) is 0 Å². The molecule has 0 radical (unpaired) electrons. The monoisotopic (exact) mass is 383 g/mol. The maximum atomic E-state index is 12.8. The summed E-state index contributed by atoms with van der Waals surface area (Å²) in [6.07, 6.45) is -8.98. The van der Waals surface area contributed by atoms with E-state index in [-0.39, 0.29) is 12.6 Å². The van der Waals surface area contributed by atoms with Gasteiger partial charge in [-0.2, -0.15) is 26.3 Å². The van der Waals surface area contributed by atoms with E-state index in [1.807, 2.05) is 5.32 Å². The molecule has 0 aromatic heterocycles. The molecule has 3 N–H and O–H groups in total. The van der Waals surface area contributed by atoms with E-state index in [0.29, 0.717) is 31.5 Å². The number of nitrogens with two attached hydrogens (primary N) is 1. The Morgan fingerprint density at radius 3 is 2.08 bits per heavy atom. The minimum Gasteiger partial charge on any atom is -0.368 e. The van der Waals surface area contributed by atoms with Gasteiger partial charge in [-0.05, 0) is 37.6 Å². The van der Waals surface area contributed by atoms with E-state index < -0.39 is 47.0 Å². The molecule has 1 aliphatic rings. The summed E-state index contributed by atoms with van der Waals surface area (Å²) in [5.74, 6) is -1.49. The lowest BCUT2D eigenvalue weighted by Gasteiger charge is -2.21. The second kappa shape index (κ2) is 7.14. The summed E-state index contributed by atoms with van der Waals surface area (Å²) in [6, 6.07) is 0.123. The number of likely N-dealkylation sites (tertiary alicyclic amines) is 1. The summed E-state index contributed by atoms with van der Waals surface area (Å²) in [5.41, 5.74) is 1.50. The van der Waals surface area contributed by atoms with Crippen LogP contribution in [0.3, 0.4) is 0 Å². The first-order valence-corrected chi connectivity index (χ1v) is 7.50. The number of hydrogen-bond acceptors (Lipinski definition) is 3. The van der Waals surface area contributed by atoms with Crippen LogP contribution in [-0.4, -0.2) is 35.8 Å². The van der Waals surface area contributed by atoms with Crippen LogP contribution < -0.4 is 11.1 Å². The van der Waals surface area contributed by atoms with Gasteiger partial charge in [0.1, 0.15) is 0 Å². The molecule has 1 aromatic carbocycles. The Kier molecular flexibility index (Phi) is 5.49. The molecule has 144 valence electrons. The Hall–Kier alpha value is -2.30. The Morgan fingerprint density at radius 2 is 1.62 bits per heavy atom. The molecule has 2 amide bonds. The Morgan fingerprint density at radius 1 is 1.08 bits per heavy atom. The van der Waals surface area contributed by atoms with Crippen LogP contribution in [0.4, 0.5) is 32.0 Å². The number of rotatable bonds is 4. The van der Waals surface area contributed by atoms with Crippen LogP contribution in [0.5, 0.6) is 0 Å². The van der Waals surface area contributed by atoms with Crippen molar-refractivity contribution >= 4 is 17.5 Å². The smallest absolute Gasteiger partial charge is 0.368 e. The van der Waals surface area contributed by atoms with Gasteiger partial charge in [-0.3, -0.25) is 14.5 Å². The molecule has 1 heterocycles. The topological polar surface area (TPSA) is 75.4 Å². The fourth-order valence-electron chi connectivity index (χ4n) is 2.75. The summed E-state index contributed by atoms with van der Waals surface area (Å²) in [6.45, 7) is 0.00260. The van der Waals surface area contributed by atoms with Crippen LogP contribution >= 0.6 is 0 Å². The number of carbonyl (C=O) groups excluding carboxylic acids is 2. The molecule has 11 heteroatoms. The van der Waals surface area contributed by atoms with Crippen molar-refractivity contribution in [2.24, 2.45) is 5.73 Å². The van der Waals surface area contributed by atoms with Crippen LogP contribution in [0.1, 0.15) is 24.0 Å². The third kappa shape index (κ3) is 4.87. The summed E-state index contributed by atoms with van der Waals surface area (Å²) in [4.78, 5) is 24.7. The van der Waals surface area contributed by atoms with Crippen LogP contribution in [0.2, 0.25) is 0 Å². The molecule has 1 saturated heterocycles. The van der Waals surface area contributed by atoms with Gasteiger partial charge in [0.15, 0.2) is 0 Å². The Bertz CT molecular complexity index is 669. The van der Waals surface area contributed by atoms with Crippen molar-refractivity contribution in [1.29, 1.82) is 0 Å². The molecule has 0 aliphatic carbocycles. The number of carbonyl (C=O) groups is 2. The first kappa shape index (κ1) is 20.0. The number of halogens is 6. The molecule has 1 aromatic rings. The van der Waals surface area contributed by atoms with Crippen molar-refractivity contribution in [2.75, 3.05) is 18.4 Å². The van der Waals surface area contributed by atoms with Crippen LogP contribution in [0, 0.1) is 0 Å². The van der Waals surface area contributed by atoms with Gasteiger partial charge < -0.3 is 11.1 Å². The average molecular weight is 383 g/mol. The van der Waals surface area contributed by atoms with Crippen molar-refractivity contribution in [2.45, 2.75) is 31.2 Å². The minimum absolute atomic E-state index is 0.0285. The molecular weight excluding hydrogens is 368 g/mol. The van der Waals surface area contributed by atoms with Crippen LogP contribution in [0.25, 0.3) is 0 Å². The highest BCUT2D eigenvalue weighted by Gasteiger charge is 2.37. The predicted octanol–water partition coefficient (Wildman–Crippen LogP) is 2.61. The standard InChI is InChI=1S/C15H15F6N3O2/c16-14(17,18)8-4-9(15(19,20)21)6-10(5-8)23-12(25)7-24-3-1-2-11(24)13(22)26/h4-6,11H,1-3,7H2,(H2,22,26)(H,23,25). The van der Waals surface area contributed by atoms with Crippen molar-refractivity contribution < 1.29 is 35.9 Å². The van der Waals surface area contributed by atoms with Crippen molar-refractivity contribution in [3.05, 3.63) is 29.3 Å². The highest BCUT2D eigenvalue weighted by molar-refractivity contribution is 5.93. The third-order valence-electron chi connectivity index (χ3n) is 3.91. The fourth-order valence-corrected chi connectivity index (χ4v) is 2.75. The summed E-state index contributed by atoms with van der Waals surface area (Å²) in [5, 5.41) is 2.02. The lowest BCUT2D eigenvalue weighted by Crippen LogP contribution is -2.43.